The van der Waals surface area contributed by atoms with E-state index in [2.05, 4.69) is 81.7 Å². The van der Waals surface area contributed by atoms with Gasteiger partial charge < -0.3 is 15.5 Å². The molecule has 33 heavy (non-hydrogen) atoms. The lowest BCUT2D eigenvalue weighted by Crippen LogP contribution is -2.48. The van der Waals surface area contributed by atoms with Crippen LogP contribution in [0.1, 0.15) is 24.1 Å². The molecule has 0 aliphatic carbocycles. The van der Waals surface area contributed by atoms with Crippen molar-refractivity contribution in [3.8, 4) is 0 Å². The number of nitrogens with two attached hydrogens (primary N) is 1. The van der Waals surface area contributed by atoms with E-state index < -0.39 is 0 Å². The molecule has 4 rings (SSSR count). The van der Waals surface area contributed by atoms with Crippen LogP contribution in [0.15, 0.2) is 66.7 Å². The number of nitrogens with zero attached hydrogens (tertiary/aromatic N) is 3. The maximum Gasteiger partial charge on any atom is 0.0670 e. The third kappa shape index (κ3) is 5.70. The monoisotopic (exact) mass is 574 g/mol. The quantitative estimate of drug-likeness (QED) is 0.277. The Morgan fingerprint density at radius 1 is 1.06 bits per heavy atom. The third-order valence-corrected chi connectivity index (χ3v) is 8.34. The van der Waals surface area contributed by atoms with Gasteiger partial charge in [0.2, 0.25) is 0 Å². The lowest BCUT2D eigenvalue weighted by Gasteiger charge is -2.43. The largest absolute Gasteiger partial charge is 0.399 e. The molecule has 0 unspecified atom stereocenters. The summed E-state index contributed by atoms with van der Waals surface area (Å²) in [6, 6.07) is 23.8. The zero-order chi connectivity index (χ0) is 23.4. The first-order valence-corrected chi connectivity index (χ1v) is 14.3. The van der Waals surface area contributed by atoms with Gasteiger partial charge >= 0.3 is 0 Å². The highest BCUT2D eigenvalue weighted by Crippen LogP contribution is 2.36. The van der Waals surface area contributed by atoms with Crippen LogP contribution in [-0.4, -0.2) is 42.6 Å². The van der Waals surface area contributed by atoms with Gasteiger partial charge in [0.25, 0.3) is 0 Å². The van der Waals surface area contributed by atoms with Crippen molar-refractivity contribution in [2.75, 3.05) is 48.8 Å². The Morgan fingerprint density at radius 2 is 1.79 bits per heavy atom. The van der Waals surface area contributed by atoms with Crippen molar-refractivity contribution in [3.63, 3.8) is 0 Å². The summed E-state index contributed by atoms with van der Waals surface area (Å²) in [6.07, 6.45) is 0. The van der Waals surface area contributed by atoms with Crippen LogP contribution >= 0.6 is 32.3 Å². The van der Waals surface area contributed by atoms with E-state index in [-0.39, 0.29) is 26.8 Å². The first kappa shape index (κ1) is 24.0. The molecule has 2 N–H and O–H groups in total. The van der Waals surface area contributed by atoms with Gasteiger partial charge in [0.1, 0.15) is 0 Å². The fourth-order valence-electron chi connectivity index (χ4n) is 4.40. The van der Waals surface area contributed by atoms with Crippen LogP contribution in [0.5, 0.6) is 0 Å². The molecular formula is C27H32ClIN4. The van der Waals surface area contributed by atoms with Gasteiger partial charge in [-0.1, -0.05) is 61.1 Å². The van der Waals surface area contributed by atoms with Gasteiger partial charge in [0.05, 0.1) is 11.7 Å². The summed E-state index contributed by atoms with van der Waals surface area (Å²) in [5.74, 6) is 0. The van der Waals surface area contributed by atoms with Gasteiger partial charge in [-0.05, 0) is 60.5 Å². The second-order valence-electron chi connectivity index (χ2n) is 8.52. The molecule has 3 aromatic rings. The molecule has 1 atom stereocenters. The van der Waals surface area contributed by atoms with Crippen LogP contribution in [0.25, 0.3) is 0 Å². The molecule has 174 valence electrons. The van der Waals surface area contributed by atoms with Crippen molar-refractivity contribution >= 4 is 53.9 Å². The summed E-state index contributed by atoms with van der Waals surface area (Å²) in [6.45, 7) is 7.06. The molecule has 6 heteroatoms. The number of benzene rings is 3. The Balaban J connectivity index is 1.59. The van der Waals surface area contributed by atoms with Crippen molar-refractivity contribution in [1.29, 1.82) is 0 Å². The molecule has 1 saturated heterocycles. The Kier molecular flexibility index (Phi) is 7.94. The highest BCUT2D eigenvalue weighted by Gasteiger charge is 2.29. The van der Waals surface area contributed by atoms with Crippen molar-refractivity contribution in [1.82, 2.24) is 4.90 Å². The fourth-order valence-corrected chi connectivity index (χ4v) is 5.99. The van der Waals surface area contributed by atoms with E-state index in [0.717, 1.165) is 43.4 Å². The predicted molar refractivity (Wildman–Crippen MR) is 153 cm³/mol. The van der Waals surface area contributed by atoms with Gasteiger partial charge in [0.15, 0.2) is 0 Å². The molecule has 3 aromatic carbocycles. The summed E-state index contributed by atoms with van der Waals surface area (Å²) >= 11 is 5.88. The Bertz CT molecular complexity index is 1080. The first-order valence-electron chi connectivity index (χ1n) is 11.3. The van der Waals surface area contributed by atoms with E-state index >= 15 is 0 Å². The molecule has 1 aliphatic heterocycles. The van der Waals surface area contributed by atoms with Crippen LogP contribution in [0.2, 0.25) is 5.02 Å². The Morgan fingerprint density at radius 3 is 2.45 bits per heavy atom. The smallest absolute Gasteiger partial charge is 0.0670 e. The summed E-state index contributed by atoms with van der Waals surface area (Å²) < 4.78 is 5.56. The van der Waals surface area contributed by atoms with Crippen LogP contribution in [0.4, 0.5) is 17.1 Å². The van der Waals surface area contributed by atoms with Crippen LogP contribution < -0.4 is 15.5 Å². The summed E-state index contributed by atoms with van der Waals surface area (Å²) in [5.41, 5.74) is 12.1. The molecule has 0 aromatic heterocycles. The SMILES string of the molecule is C=Ic1cc(N)ccc1N1CCN(Cc2ccc(N(C)CC)cc2)C[C@H]1c1ccc(Cl)cc1. The number of hydrogen-bond acceptors (Lipinski definition) is 4. The molecule has 0 bridgehead atoms. The highest BCUT2D eigenvalue weighted by atomic mass is 127. The first-order chi connectivity index (χ1) is 16.0. The number of hydrogen-bond donors (Lipinski definition) is 1. The summed E-state index contributed by atoms with van der Waals surface area (Å²) in [5, 5.41) is 0.770. The maximum atomic E-state index is 6.21. The molecule has 0 amide bonds. The minimum atomic E-state index is -0.324. The normalized spacial score (nSPS) is 16.7. The van der Waals surface area contributed by atoms with E-state index in [1.165, 1.54) is 26.1 Å². The second-order valence-corrected chi connectivity index (χ2v) is 10.9. The van der Waals surface area contributed by atoms with Gasteiger partial charge in [-0.2, -0.15) is 0 Å². The van der Waals surface area contributed by atoms with E-state index in [1.807, 2.05) is 18.2 Å². The molecular weight excluding hydrogens is 543 g/mol. The molecule has 0 spiro atoms. The minimum absolute atomic E-state index is 0.249. The van der Waals surface area contributed by atoms with Crippen LogP contribution in [0.3, 0.4) is 0 Å². The molecule has 1 aliphatic rings. The van der Waals surface area contributed by atoms with Crippen molar-refractivity contribution in [2.45, 2.75) is 19.5 Å². The Hall–Kier alpha value is -2.09. The molecule has 4 nitrogen and oxygen atoms in total. The average Bonchev–Trinajstić information content (AvgIpc) is 2.84. The number of piperazine rings is 1. The molecule has 0 saturated carbocycles. The number of nitrogen functional groups attached to an aromatic ring is 1. The molecule has 1 heterocycles. The molecule has 1 fully saturated rings. The van der Waals surface area contributed by atoms with Crippen molar-refractivity contribution < 1.29 is 0 Å². The third-order valence-electron chi connectivity index (χ3n) is 6.40. The van der Waals surface area contributed by atoms with E-state index in [9.17, 15) is 0 Å². The lowest BCUT2D eigenvalue weighted by molar-refractivity contribution is 0.215. The minimum Gasteiger partial charge on any atom is -0.399 e. The fraction of sp³-hybridized carbons (Fsp3) is 0.296. The molecule has 0 radical (unpaired) electrons. The highest BCUT2D eigenvalue weighted by molar-refractivity contribution is 14.2. The van der Waals surface area contributed by atoms with Gasteiger partial charge in [-0.15, -0.1) is 0 Å². The lowest BCUT2D eigenvalue weighted by atomic mass is 10.0. The van der Waals surface area contributed by atoms with E-state index in [1.54, 1.807) is 0 Å². The average molecular weight is 575 g/mol. The summed E-state index contributed by atoms with van der Waals surface area (Å²) in [7, 11) is 2.13. The van der Waals surface area contributed by atoms with Crippen molar-refractivity contribution in [2.24, 2.45) is 0 Å². The second kappa shape index (κ2) is 10.9. The van der Waals surface area contributed by atoms with Crippen LogP contribution in [-0.2, 0) is 6.54 Å². The van der Waals surface area contributed by atoms with Gasteiger partial charge in [0, 0.05) is 59.7 Å². The Labute approximate surface area is 212 Å². The zero-order valence-electron chi connectivity index (χ0n) is 19.3. The van der Waals surface area contributed by atoms with E-state index in [4.69, 9.17) is 17.3 Å². The zero-order valence-corrected chi connectivity index (χ0v) is 22.3. The number of anilines is 3. The number of halogens is 2. The van der Waals surface area contributed by atoms with E-state index in [0.29, 0.717) is 0 Å². The maximum absolute atomic E-state index is 6.21. The standard InChI is InChI=1S/C27H32ClIN4/c1-4-31(3)24-12-5-20(6-13-24)18-32-15-16-33(26-14-11-23(30)17-25(26)29-2)27(19-32)21-7-9-22(28)10-8-21/h5-14,17,27H,2,4,15-16,18-19,30H2,1,3H3/t27-/m0/s1. The van der Waals surface area contributed by atoms with Gasteiger partial charge in [-0.25, -0.2) is 0 Å². The van der Waals surface area contributed by atoms with Gasteiger partial charge in [-0.3, -0.25) is 4.90 Å². The summed E-state index contributed by atoms with van der Waals surface area (Å²) in [4.78, 5) is 7.36. The van der Waals surface area contributed by atoms with Crippen molar-refractivity contribution in [3.05, 3.63) is 86.4 Å². The topological polar surface area (TPSA) is 35.7 Å². The predicted octanol–water partition coefficient (Wildman–Crippen LogP) is 6.01. The van der Waals surface area contributed by atoms with Crippen LogP contribution in [0, 0.1) is 3.57 Å². The number of rotatable bonds is 7.